The largest absolute Gasteiger partial charge is 0.384 e. The second kappa shape index (κ2) is 5.52. The van der Waals surface area contributed by atoms with Crippen LogP contribution in [0.1, 0.15) is 32.0 Å². The summed E-state index contributed by atoms with van der Waals surface area (Å²) >= 11 is 0. The van der Waals surface area contributed by atoms with Crippen LogP contribution in [0.4, 0.5) is 11.6 Å². The quantitative estimate of drug-likeness (QED) is 0.880. The smallest absolute Gasteiger partial charge is 0.135 e. The van der Waals surface area contributed by atoms with Gasteiger partial charge in [0.15, 0.2) is 0 Å². The van der Waals surface area contributed by atoms with E-state index in [4.69, 9.17) is 10.5 Å². The highest BCUT2D eigenvalue weighted by molar-refractivity contribution is 5.48. The number of aromatic nitrogens is 2. The number of ether oxygens (including phenoxy) is 1. The summed E-state index contributed by atoms with van der Waals surface area (Å²) in [7, 11) is 1.75. The predicted molar refractivity (Wildman–Crippen MR) is 72.7 cm³/mol. The number of methoxy groups -OCH3 is 1. The zero-order valence-corrected chi connectivity index (χ0v) is 11.4. The van der Waals surface area contributed by atoms with Gasteiger partial charge >= 0.3 is 0 Å². The maximum Gasteiger partial charge on any atom is 0.135 e. The summed E-state index contributed by atoms with van der Waals surface area (Å²) in [5.74, 6) is 3.21. The van der Waals surface area contributed by atoms with Crippen molar-refractivity contribution < 1.29 is 4.74 Å². The Morgan fingerprint density at radius 2 is 2.28 bits per heavy atom. The van der Waals surface area contributed by atoms with Gasteiger partial charge in [0.25, 0.3) is 0 Å². The van der Waals surface area contributed by atoms with Crippen molar-refractivity contribution >= 4 is 11.6 Å². The molecule has 18 heavy (non-hydrogen) atoms. The zero-order chi connectivity index (χ0) is 13.1. The topological polar surface area (TPSA) is 64.3 Å². The molecule has 1 unspecified atom stereocenters. The summed E-state index contributed by atoms with van der Waals surface area (Å²) < 4.78 is 5.21. The highest BCUT2D eigenvalue weighted by Crippen LogP contribution is 2.24. The van der Waals surface area contributed by atoms with E-state index in [9.17, 15) is 0 Å². The van der Waals surface area contributed by atoms with Crippen molar-refractivity contribution in [3.8, 4) is 0 Å². The minimum atomic E-state index is 0.296. The van der Waals surface area contributed by atoms with Crippen LogP contribution >= 0.6 is 0 Å². The number of hydrogen-bond donors (Lipinski definition) is 1. The van der Waals surface area contributed by atoms with E-state index < -0.39 is 0 Å². The molecule has 2 rings (SSSR count). The lowest BCUT2D eigenvalue weighted by Crippen LogP contribution is -2.23. The fourth-order valence-corrected chi connectivity index (χ4v) is 2.30. The SMILES string of the molecule is COCC1CCN(c2cc(N)nc(C(C)C)n2)C1. The van der Waals surface area contributed by atoms with E-state index in [0.29, 0.717) is 17.7 Å². The van der Waals surface area contributed by atoms with Gasteiger partial charge in [-0.25, -0.2) is 9.97 Å². The van der Waals surface area contributed by atoms with Gasteiger partial charge in [0.05, 0.1) is 6.61 Å². The van der Waals surface area contributed by atoms with Gasteiger partial charge in [-0.2, -0.15) is 0 Å². The molecule has 1 atom stereocenters. The molecule has 0 saturated carbocycles. The molecular weight excluding hydrogens is 228 g/mol. The fourth-order valence-electron chi connectivity index (χ4n) is 2.30. The number of nitrogens with zero attached hydrogens (tertiary/aromatic N) is 3. The molecule has 1 aromatic rings. The fraction of sp³-hybridized carbons (Fsp3) is 0.692. The Hall–Kier alpha value is -1.36. The highest BCUT2D eigenvalue weighted by Gasteiger charge is 2.24. The van der Waals surface area contributed by atoms with E-state index in [1.165, 1.54) is 0 Å². The van der Waals surface area contributed by atoms with Crippen LogP contribution in [0.2, 0.25) is 0 Å². The van der Waals surface area contributed by atoms with Crippen molar-refractivity contribution in [1.82, 2.24) is 9.97 Å². The van der Waals surface area contributed by atoms with Crippen molar-refractivity contribution in [2.45, 2.75) is 26.2 Å². The summed E-state index contributed by atoms with van der Waals surface area (Å²) in [6, 6.07) is 1.86. The van der Waals surface area contributed by atoms with E-state index in [2.05, 4.69) is 28.7 Å². The Morgan fingerprint density at radius 3 is 2.94 bits per heavy atom. The molecule has 100 valence electrons. The monoisotopic (exact) mass is 250 g/mol. The first kappa shape index (κ1) is 13.1. The summed E-state index contributed by atoms with van der Waals surface area (Å²) in [5.41, 5.74) is 5.86. The van der Waals surface area contributed by atoms with Gasteiger partial charge in [-0.1, -0.05) is 13.8 Å². The zero-order valence-electron chi connectivity index (χ0n) is 11.4. The Labute approximate surface area is 108 Å². The van der Waals surface area contributed by atoms with Crippen LogP contribution in [0.25, 0.3) is 0 Å². The molecule has 5 nitrogen and oxygen atoms in total. The molecule has 2 heterocycles. The molecule has 1 aliphatic heterocycles. The highest BCUT2D eigenvalue weighted by atomic mass is 16.5. The number of anilines is 2. The average Bonchev–Trinajstić information content (AvgIpc) is 2.77. The molecular formula is C13H22N4O. The van der Waals surface area contributed by atoms with Gasteiger partial charge in [-0.3, -0.25) is 0 Å². The van der Waals surface area contributed by atoms with Gasteiger partial charge < -0.3 is 15.4 Å². The Kier molecular flexibility index (Phi) is 4.01. The lowest BCUT2D eigenvalue weighted by molar-refractivity contribution is 0.161. The predicted octanol–water partition coefficient (Wildman–Crippen LogP) is 1.65. The third-order valence-corrected chi connectivity index (χ3v) is 3.28. The Morgan fingerprint density at radius 1 is 1.50 bits per heavy atom. The maximum absolute atomic E-state index is 5.86. The van der Waals surface area contributed by atoms with E-state index in [-0.39, 0.29) is 0 Å². The van der Waals surface area contributed by atoms with Crippen LogP contribution in [0, 0.1) is 5.92 Å². The van der Waals surface area contributed by atoms with Crippen LogP contribution in [0.3, 0.4) is 0 Å². The van der Waals surface area contributed by atoms with Crippen molar-refractivity contribution in [2.75, 3.05) is 37.4 Å². The van der Waals surface area contributed by atoms with Gasteiger partial charge in [0.1, 0.15) is 17.5 Å². The van der Waals surface area contributed by atoms with Gasteiger partial charge in [-0.05, 0) is 6.42 Å². The summed E-state index contributed by atoms with van der Waals surface area (Å²) in [6.07, 6.45) is 1.15. The molecule has 0 radical (unpaired) electrons. The Balaban J connectivity index is 2.14. The molecule has 1 fully saturated rings. The molecule has 1 aromatic heterocycles. The maximum atomic E-state index is 5.86. The van der Waals surface area contributed by atoms with E-state index >= 15 is 0 Å². The van der Waals surface area contributed by atoms with E-state index in [1.807, 2.05) is 6.07 Å². The first-order valence-corrected chi connectivity index (χ1v) is 6.48. The molecule has 0 amide bonds. The molecule has 1 aliphatic rings. The number of hydrogen-bond acceptors (Lipinski definition) is 5. The van der Waals surface area contributed by atoms with Crippen molar-refractivity contribution in [3.63, 3.8) is 0 Å². The van der Waals surface area contributed by atoms with Gasteiger partial charge in [0, 0.05) is 38.1 Å². The van der Waals surface area contributed by atoms with Crippen LogP contribution in [-0.2, 0) is 4.74 Å². The second-order valence-electron chi connectivity index (χ2n) is 5.22. The standard InChI is InChI=1S/C13H22N4O/c1-9(2)13-15-11(14)6-12(16-13)17-5-4-10(7-17)8-18-3/h6,9-10H,4-5,7-8H2,1-3H3,(H2,14,15,16). The third-order valence-electron chi connectivity index (χ3n) is 3.28. The lowest BCUT2D eigenvalue weighted by Gasteiger charge is -2.19. The minimum absolute atomic E-state index is 0.296. The third kappa shape index (κ3) is 2.90. The van der Waals surface area contributed by atoms with E-state index in [1.54, 1.807) is 7.11 Å². The van der Waals surface area contributed by atoms with Crippen molar-refractivity contribution in [1.29, 1.82) is 0 Å². The second-order valence-corrected chi connectivity index (χ2v) is 5.22. The molecule has 0 bridgehead atoms. The number of nitrogen functional groups attached to an aromatic ring is 1. The normalized spacial score (nSPS) is 19.8. The first-order valence-electron chi connectivity index (χ1n) is 6.48. The average molecular weight is 250 g/mol. The molecule has 5 heteroatoms. The summed E-state index contributed by atoms with van der Waals surface area (Å²) in [5, 5.41) is 0. The minimum Gasteiger partial charge on any atom is -0.384 e. The Bertz CT molecular complexity index is 408. The van der Waals surface area contributed by atoms with Crippen LogP contribution in [0.15, 0.2) is 6.07 Å². The molecule has 0 spiro atoms. The molecule has 2 N–H and O–H groups in total. The van der Waals surface area contributed by atoms with Crippen LogP contribution < -0.4 is 10.6 Å². The van der Waals surface area contributed by atoms with Crippen LogP contribution in [0.5, 0.6) is 0 Å². The molecule has 0 aromatic carbocycles. The first-order chi connectivity index (χ1) is 8.60. The summed E-state index contributed by atoms with van der Waals surface area (Å²) in [6.45, 7) is 6.98. The number of nitrogens with two attached hydrogens (primary N) is 1. The molecule has 0 aliphatic carbocycles. The summed E-state index contributed by atoms with van der Waals surface area (Å²) in [4.78, 5) is 11.2. The number of rotatable bonds is 4. The van der Waals surface area contributed by atoms with Gasteiger partial charge in [-0.15, -0.1) is 0 Å². The van der Waals surface area contributed by atoms with Crippen molar-refractivity contribution in [3.05, 3.63) is 11.9 Å². The lowest BCUT2D eigenvalue weighted by atomic mass is 10.1. The van der Waals surface area contributed by atoms with Gasteiger partial charge in [0.2, 0.25) is 0 Å². The van der Waals surface area contributed by atoms with Crippen molar-refractivity contribution in [2.24, 2.45) is 5.92 Å². The molecule has 1 saturated heterocycles. The van der Waals surface area contributed by atoms with Crippen LogP contribution in [-0.4, -0.2) is 36.8 Å². The van der Waals surface area contributed by atoms with E-state index in [0.717, 1.165) is 37.8 Å².